The van der Waals surface area contributed by atoms with Gasteiger partial charge in [0.2, 0.25) is 0 Å². The number of carboxylic acid groups (broad SMARTS) is 1. The Morgan fingerprint density at radius 3 is 2.74 bits per heavy atom. The molecule has 0 aromatic heterocycles. The molecule has 0 radical (unpaired) electrons. The van der Waals surface area contributed by atoms with Gasteiger partial charge in [0.1, 0.15) is 23.9 Å². The first kappa shape index (κ1) is 26.3. The Hall–Kier alpha value is -3.32. The van der Waals surface area contributed by atoms with Gasteiger partial charge in [-0.05, 0) is 78.8 Å². The number of rotatable bonds is 11. The van der Waals surface area contributed by atoms with Gasteiger partial charge in [0.05, 0.1) is 19.6 Å². The van der Waals surface area contributed by atoms with Gasteiger partial charge in [-0.15, -0.1) is 0 Å². The van der Waals surface area contributed by atoms with E-state index in [4.69, 9.17) is 19.3 Å². The highest BCUT2D eigenvalue weighted by atomic mass is 32.2. The minimum atomic E-state index is -0.812. The van der Waals surface area contributed by atoms with Crippen molar-refractivity contribution in [1.29, 1.82) is 0 Å². The van der Waals surface area contributed by atoms with Gasteiger partial charge in [-0.25, -0.2) is 0 Å². The molecule has 3 aromatic carbocycles. The van der Waals surface area contributed by atoms with Gasteiger partial charge in [-0.2, -0.15) is 11.8 Å². The largest absolute Gasteiger partial charge is 0.494 e. The fraction of sp³-hybridized carbons (Fsp3) is 0.387. The minimum absolute atomic E-state index is 0.0736. The zero-order valence-electron chi connectivity index (χ0n) is 22.1. The summed E-state index contributed by atoms with van der Waals surface area (Å²) in [5, 5.41) is 9.14. The van der Waals surface area contributed by atoms with Crippen LogP contribution < -0.4 is 19.1 Å². The van der Waals surface area contributed by atoms with Crippen molar-refractivity contribution in [3.05, 3.63) is 71.3 Å². The number of hydrogen-bond donors (Lipinski definition) is 1. The topological polar surface area (TPSA) is 68.2 Å². The summed E-state index contributed by atoms with van der Waals surface area (Å²) < 4.78 is 17.9. The van der Waals surface area contributed by atoms with Crippen molar-refractivity contribution in [2.75, 3.05) is 43.2 Å². The summed E-state index contributed by atoms with van der Waals surface area (Å²) in [6.45, 7) is 5.70. The second-order valence-electron chi connectivity index (χ2n) is 9.79. The van der Waals surface area contributed by atoms with Crippen molar-refractivity contribution in [2.45, 2.75) is 38.7 Å². The van der Waals surface area contributed by atoms with Gasteiger partial charge in [-0.3, -0.25) is 4.79 Å². The lowest BCUT2D eigenvalue weighted by Gasteiger charge is -2.23. The predicted octanol–water partition coefficient (Wildman–Crippen LogP) is 6.40. The van der Waals surface area contributed by atoms with Gasteiger partial charge in [0, 0.05) is 41.9 Å². The lowest BCUT2D eigenvalue weighted by molar-refractivity contribution is -0.137. The summed E-state index contributed by atoms with van der Waals surface area (Å²) in [5.41, 5.74) is 7.07. The Bertz CT molecular complexity index is 1290. The van der Waals surface area contributed by atoms with E-state index in [1.54, 1.807) is 0 Å². The Kier molecular flexibility index (Phi) is 8.32. The van der Waals surface area contributed by atoms with Gasteiger partial charge >= 0.3 is 5.97 Å². The van der Waals surface area contributed by atoms with Gasteiger partial charge in [0.15, 0.2) is 0 Å². The van der Waals surface area contributed by atoms with Crippen LogP contribution in [0, 0.1) is 0 Å². The number of nitrogens with zero attached hydrogens (tertiary/aromatic N) is 1. The molecule has 2 aliphatic heterocycles. The highest BCUT2D eigenvalue weighted by molar-refractivity contribution is 7.98. The maximum absolute atomic E-state index is 11.1. The van der Waals surface area contributed by atoms with Crippen LogP contribution in [-0.2, 0) is 17.8 Å². The molecule has 0 fully saturated rings. The first-order valence-corrected chi connectivity index (χ1v) is 14.7. The Morgan fingerprint density at radius 1 is 1.08 bits per heavy atom. The molecule has 7 heteroatoms. The number of likely N-dealkylation sites (N-methyl/N-ethyl adjacent to an activating group) is 1. The standard InChI is InChI=1S/C31H35NO5S/c1-3-32-12-11-22-16-24(35-13-4-14-38-2)6-8-26(22)28-15-21(5-10-29(28)32)19-36-25-7-9-27-23(17-31(33)34)20-37-30(27)18-25/h5-10,15-16,18,23H,3-4,11-14,17,19-20H2,1-2H3,(H,33,34). The van der Waals surface area contributed by atoms with Crippen LogP contribution in [0.25, 0.3) is 11.1 Å². The molecule has 200 valence electrons. The summed E-state index contributed by atoms with van der Waals surface area (Å²) in [6, 6.07) is 18.8. The van der Waals surface area contributed by atoms with E-state index in [1.165, 1.54) is 22.4 Å². The third kappa shape index (κ3) is 5.88. The Labute approximate surface area is 228 Å². The van der Waals surface area contributed by atoms with Crippen molar-refractivity contribution in [3.8, 4) is 28.4 Å². The minimum Gasteiger partial charge on any atom is -0.494 e. The second kappa shape index (κ2) is 12.0. The number of benzene rings is 3. The normalized spacial score (nSPS) is 15.6. The summed E-state index contributed by atoms with van der Waals surface area (Å²) in [5.74, 6) is 2.57. The van der Waals surface area contributed by atoms with Crippen LogP contribution in [0.15, 0.2) is 54.6 Å². The van der Waals surface area contributed by atoms with Crippen LogP contribution in [0.5, 0.6) is 17.2 Å². The molecule has 2 heterocycles. The fourth-order valence-electron chi connectivity index (χ4n) is 5.28. The average molecular weight is 534 g/mol. The van der Waals surface area contributed by atoms with Crippen molar-refractivity contribution >= 4 is 23.4 Å². The highest BCUT2D eigenvalue weighted by Gasteiger charge is 2.27. The molecule has 1 unspecified atom stereocenters. The van der Waals surface area contributed by atoms with Gasteiger partial charge < -0.3 is 24.2 Å². The Balaban J connectivity index is 1.34. The number of ether oxygens (including phenoxy) is 3. The van der Waals surface area contributed by atoms with Crippen LogP contribution in [0.2, 0.25) is 0 Å². The van der Waals surface area contributed by atoms with Crippen LogP contribution in [0.1, 0.15) is 42.4 Å². The van der Waals surface area contributed by atoms with Crippen molar-refractivity contribution < 1.29 is 24.1 Å². The van der Waals surface area contributed by atoms with E-state index in [0.29, 0.717) is 19.0 Å². The van der Waals surface area contributed by atoms with Gasteiger partial charge in [0.25, 0.3) is 0 Å². The van der Waals surface area contributed by atoms with Crippen LogP contribution in [0.4, 0.5) is 5.69 Å². The number of carboxylic acids is 1. The number of carbonyl (C=O) groups is 1. The molecule has 0 saturated carbocycles. The molecule has 1 N–H and O–H groups in total. The Morgan fingerprint density at radius 2 is 1.92 bits per heavy atom. The fourth-order valence-corrected chi connectivity index (χ4v) is 5.69. The number of hydrogen-bond acceptors (Lipinski definition) is 6. The van der Waals surface area contributed by atoms with E-state index >= 15 is 0 Å². The number of anilines is 1. The van der Waals surface area contributed by atoms with E-state index in [0.717, 1.165) is 60.9 Å². The molecular weight excluding hydrogens is 498 g/mol. The molecule has 38 heavy (non-hydrogen) atoms. The molecule has 2 aliphatic rings. The molecule has 0 saturated heterocycles. The molecule has 5 rings (SSSR count). The van der Waals surface area contributed by atoms with E-state index in [2.05, 4.69) is 54.5 Å². The van der Waals surface area contributed by atoms with E-state index in [9.17, 15) is 4.79 Å². The van der Waals surface area contributed by atoms with Gasteiger partial charge in [-0.1, -0.05) is 18.2 Å². The summed E-state index contributed by atoms with van der Waals surface area (Å²) >= 11 is 1.85. The number of aliphatic carboxylic acids is 1. The maximum atomic E-state index is 11.1. The third-order valence-electron chi connectivity index (χ3n) is 7.25. The first-order valence-electron chi connectivity index (χ1n) is 13.3. The van der Waals surface area contributed by atoms with E-state index in [-0.39, 0.29) is 12.3 Å². The smallest absolute Gasteiger partial charge is 0.304 e. The lowest BCUT2D eigenvalue weighted by Crippen LogP contribution is -2.24. The zero-order valence-corrected chi connectivity index (χ0v) is 22.9. The molecule has 0 aliphatic carbocycles. The predicted molar refractivity (Wildman–Crippen MR) is 153 cm³/mol. The SMILES string of the molecule is CCN1CCc2cc(OCCCSC)ccc2-c2cc(COc3ccc4c(c3)OCC4CC(=O)O)ccc21. The van der Waals surface area contributed by atoms with Crippen molar-refractivity contribution in [2.24, 2.45) is 0 Å². The molecule has 3 aromatic rings. The van der Waals surface area contributed by atoms with Crippen LogP contribution in [-0.4, -0.2) is 49.4 Å². The number of thioether (sulfide) groups is 1. The summed E-state index contributed by atoms with van der Waals surface area (Å²) in [4.78, 5) is 13.6. The first-order chi connectivity index (χ1) is 18.6. The maximum Gasteiger partial charge on any atom is 0.304 e. The van der Waals surface area contributed by atoms with Crippen LogP contribution >= 0.6 is 11.8 Å². The average Bonchev–Trinajstić information content (AvgIpc) is 3.24. The second-order valence-corrected chi connectivity index (χ2v) is 10.8. The third-order valence-corrected chi connectivity index (χ3v) is 7.95. The van der Waals surface area contributed by atoms with Crippen LogP contribution in [0.3, 0.4) is 0 Å². The quantitative estimate of drug-likeness (QED) is 0.286. The van der Waals surface area contributed by atoms with E-state index < -0.39 is 5.97 Å². The summed E-state index contributed by atoms with van der Waals surface area (Å²) in [6.07, 6.45) is 4.22. The lowest BCUT2D eigenvalue weighted by atomic mass is 9.96. The monoisotopic (exact) mass is 533 g/mol. The highest BCUT2D eigenvalue weighted by Crippen LogP contribution is 2.40. The molecule has 0 amide bonds. The molecule has 1 atom stereocenters. The molecule has 6 nitrogen and oxygen atoms in total. The van der Waals surface area contributed by atoms with Crippen molar-refractivity contribution in [3.63, 3.8) is 0 Å². The van der Waals surface area contributed by atoms with Crippen molar-refractivity contribution in [1.82, 2.24) is 0 Å². The summed E-state index contributed by atoms with van der Waals surface area (Å²) in [7, 11) is 0. The zero-order chi connectivity index (χ0) is 26.5. The van der Waals surface area contributed by atoms with E-state index in [1.807, 2.05) is 30.0 Å². The number of fused-ring (bicyclic) bond motifs is 4. The molecule has 0 bridgehead atoms. The molecule has 0 spiro atoms. The molecular formula is C31H35NO5S.